The van der Waals surface area contributed by atoms with E-state index in [2.05, 4.69) is 20.4 Å². The van der Waals surface area contributed by atoms with Crippen LogP contribution in [0.5, 0.6) is 0 Å². The fraction of sp³-hybridized carbons (Fsp3) is 0.250. The Bertz CT molecular complexity index is 953. The fourth-order valence-electron chi connectivity index (χ4n) is 3.24. The zero-order valence-corrected chi connectivity index (χ0v) is 16.5. The third-order valence-electron chi connectivity index (χ3n) is 4.80. The average Bonchev–Trinajstić information content (AvgIpc) is 3.26. The third kappa shape index (κ3) is 4.13. The lowest BCUT2D eigenvalue weighted by molar-refractivity contribution is -0.120. The molecular weight excluding hydrogens is 399 g/mol. The van der Waals surface area contributed by atoms with E-state index in [1.165, 1.54) is 0 Å². The highest BCUT2D eigenvalue weighted by Gasteiger charge is 2.26. The first-order valence-corrected chi connectivity index (χ1v) is 9.74. The van der Waals surface area contributed by atoms with Crippen molar-refractivity contribution in [2.45, 2.75) is 12.8 Å². The van der Waals surface area contributed by atoms with Crippen molar-refractivity contribution in [2.75, 3.05) is 23.3 Å². The lowest BCUT2D eigenvalue weighted by Gasteiger charge is -2.31. The number of carbonyl (C=O) groups excluding carboxylic acids is 1. The van der Waals surface area contributed by atoms with E-state index in [4.69, 9.17) is 27.6 Å². The molecule has 0 atom stereocenters. The van der Waals surface area contributed by atoms with Gasteiger partial charge in [0.15, 0.2) is 11.6 Å². The molecule has 1 fully saturated rings. The van der Waals surface area contributed by atoms with E-state index < -0.39 is 0 Å². The quantitative estimate of drug-likeness (QED) is 0.654. The minimum atomic E-state index is -0.0546. The Kier molecular flexibility index (Phi) is 5.50. The summed E-state index contributed by atoms with van der Waals surface area (Å²) in [6.07, 6.45) is 3.10. The van der Waals surface area contributed by atoms with Crippen LogP contribution in [0, 0.1) is 5.92 Å². The molecule has 144 valence electrons. The first kappa shape index (κ1) is 18.8. The molecule has 0 bridgehead atoms. The number of carbonyl (C=O) groups is 1. The van der Waals surface area contributed by atoms with Crippen LogP contribution in [-0.2, 0) is 4.79 Å². The van der Waals surface area contributed by atoms with Crippen molar-refractivity contribution in [2.24, 2.45) is 5.92 Å². The van der Waals surface area contributed by atoms with Gasteiger partial charge in [-0.3, -0.25) is 4.79 Å². The maximum absolute atomic E-state index is 12.5. The fourth-order valence-corrected chi connectivity index (χ4v) is 3.54. The van der Waals surface area contributed by atoms with Gasteiger partial charge in [-0.2, -0.15) is 0 Å². The predicted octanol–water partition coefficient (Wildman–Crippen LogP) is 4.90. The van der Waals surface area contributed by atoms with Crippen LogP contribution < -0.4 is 10.2 Å². The molecule has 1 aromatic carbocycles. The SMILES string of the molecule is O=C(Nc1ccc(Cl)c(Cl)c1)C1CCN(c2ccc(-c3ccco3)nn2)CC1. The maximum Gasteiger partial charge on any atom is 0.227 e. The number of amides is 1. The summed E-state index contributed by atoms with van der Waals surface area (Å²) in [7, 11) is 0. The molecule has 1 saturated heterocycles. The van der Waals surface area contributed by atoms with E-state index in [0.717, 1.165) is 31.7 Å². The van der Waals surface area contributed by atoms with Crippen LogP contribution in [-0.4, -0.2) is 29.2 Å². The van der Waals surface area contributed by atoms with Crippen LogP contribution in [0.4, 0.5) is 11.5 Å². The lowest BCUT2D eigenvalue weighted by Crippen LogP contribution is -2.38. The van der Waals surface area contributed by atoms with Crippen molar-refractivity contribution in [3.05, 3.63) is 58.8 Å². The van der Waals surface area contributed by atoms with Gasteiger partial charge in [-0.25, -0.2) is 0 Å². The molecule has 3 aromatic rings. The number of anilines is 2. The zero-order valence-electron chi connectivity index (χ0n) is 14.9. The molecule has 6 nitrogen and oxygen atoms in total. The topological polar surface area (TPSA) is 71.3 Å². The van der Waals surface area contributed by atoms with Crippen molar-refractivity contribution < 1.29 is 9.21 Å². The van der Waals surface area contributed by atoms with Gasteiger partial charge in [0.25, 0.3) is 0 Å². The van der Waals surface area contributed by atoms with Gasteiger partial charge in [0.05, 0.1) is 16.3 Å². The summed E-state index contributed by atoms with van der Waals surface area (Å²) in [5, 5.41) is 12.3. The van der Waals surface area contributed by atoms with Gasteiger partial charge in [0.1, 0.15) is 5.69 Å². The number of hydrogen-bond donors (Lipinski definition) is 1. The summed E-state index contributed by atoms with van der Waals surface area (Å²) in [5.41, 5.74) is 1.35. The molecule has 1 aliphatic heterocycles. The van der Waals surface area contributed by atoms with Crippen LogP contribution in [0.1, 0.15) is 12.8 Å². The number of aromatic nitrogens is 2. The number of nitrogens with one attached hydrogen (secondary N) is 1. The van der Waals surface area contributed by atoms with Crippen molar-refractivity contribution >= 4 is 40.6 Å². The van der Waals surface area contributed by atoms with E-state index in [1.807, 2.05) is 24.3 Å². The number of hydrogen-bond acceptors (Lipinski definition) is 5. The molecular formula is C20H18Cl2N4O2. The Labute approximate surface area is 172 Å². The van der Waals surface area contributed by atoms with E-state index in [9.17, 15) is 4.79 Å². The Hall–Kier alpha value is -2.57. The van der Waals surface area contributed by atoms with Crippen LogP contribution in [0.15, 0.2) is 53.1 Å². The Morgan fingerprint density at radius 3 is 2.54 bits per heavy atom. The molecule has 0 saturated carbocycles. The van der Waals surface area contributed by atoms with Crippen LogP contribution in [0.3, 0.4) is 0 Å². The number of nitrogens with zero attached hydrogens (tertiary/aromatic N) is 3. The van der Waals surface area contributed by atoms with Crippen molar-refractivity contribution in [3.63, 3.8) is 0 Å². The van der Waals surface area contributed by atoms with Gasteiger partial charge in [-0.1, -0.05) is 23.2 Å². The average molecular weight is 417 g/mol. The maximum atomic E-state index is 12.5. The Morgan fingerprint density at radius 2 is 1.89 bits per heavy atom. The molecule has 0 unspecified atom stereocenters. The first-order chi connectivity index (χ1) is 13.6. The summed E-state index contributed by atoms with van der Waals surface area (Å²) in [6.45, 7) is 1.49. The molecule has 2 aromatic heterocycles. The van der Waals surface area contributed by atoms with Gasteiger partial charge in [-0.15, -0.1) is 10.2 Å². The van der Waals surface area contributed by atoms with Crippen molar-refractivity contribution in [1.29, 1.82) is 0 Å². The summed E-state index contributed by atoms with van der Waals surface area (Å²) in [6, 6.07) is 12.6. The Balaban J connectivity index is 1.33. The number of benzene rings is 1. The van der Waals surface area contributed by atoms with Crippen molar-refractivity contribution in [1.82, 2.24) is 10.2 Å². The van der Waals surface area contributed by atoms with Crippen LogP contribution >= 0.6 is 23.2 Å². The molecule has 1 N–H and O–H groups in total. The van der Waals surface area contributed by atoms with E-state index >= 15 is 0 Å². The number of furan rings is 1. The number of rotatable bonds is 4. The number of piperidine rings is 1. The van der Waals surface area contributed by atoms with Crippen LogP contribution in [0.2, 0.25) is 10.0 Å². The largest absolute Gasteiger partial charge is 0.463 e. The smallest absolute Gasteiger partial charge is 0.227 e. The molecule has 0 aliphatic carbocycles. The van der Waals surface area contributed by atoms with Gasteiger partial charge >= 0.3 is 0 Å². The summed E-state index contributed by atoms with van der Waals surface area (Å²) in [5.74, 6) is 1.44. The summed E-state index contributed by atoms with van der Waals surface area (Å²) < 4.78 is 5.33. The van der Waals surface area contributed by atoms with Gasteiger partial charge in [0, 0.05) is 24.7 Å². The minimum Gasteiger partial charge on any atom is -0.463 e. The van der Waals surface area contributed by atoms with Crippen molar-refractivity contribution in [3.8, 4) is 11.5 Å². The zero-order chi connectivity index (χ0) is 19.5. The molecule has 1 aliphatic rings. The minimum absolute atomic E-state index is 0.00251. The highest BCUT2D eigenvalue weighted by molar-refractivity contribution is 6.42. The third-order valence-corrected chi connectivity index (χ3v) is 5.54. The second-order valence-electron chi connectivity index (χ2n) is 6.63. The second-order valence-corrected chi connectivity index (χ2v) is 7.45. The standard InChI is InChI=1S/C20H18Cl2N4O2/c21-15-4-3-14(12-16(15)22)23-20(27)13-7-9-26(10-8-13)19-6-5-17(24-25-19)18-2-1-11-28-18/h1-6,11-13H,7-10H2,(H,23,27). The highest BCUT2D eigenvalue weighted by Crippen LogP contribution is 2.27. The molecule has 3 heterocycles. The van der Waals surface area contributed by atoms with E-state index in [0.29, 0.717) is 27.2 Å². The molecule has 28 heavy (non-hydrogen) atoms. The predicted molar refractivity (Wildman–Crippen MR) is 110 cm³/mol. The first-order valence-electron chi connectivity index (χ1n) is 8.98. The molecule has 8 heteroatoms. The molecule has 0 radical (unpaired) electrons. The molecule has 0 spiro atoms. The van der Waals surface area contributed by atoms with E-state index in [-0.39, 0.29) is 11.8 Å². The molecule has 1 amide bonds. The lowest BCUT2D eigenvalue weighted by atomic mass is 9.96. The normalized spacial score (nSPS) is 14.9. The monoisotopic (exact) mass is 416 g/mol. The summed E-state index contributed by atoms with van der Waals surface area (Å²) in [4.78, 5) is 14.7. The number of halogens is 2. The van der Waals surface area contributed by atoms with Gasteiger partial charge in [-0.05, 0) is 55.3 Å². The van der Waals surface area contributed by atoms with Gasteiger partial charge in [0.2, 0.25) is 5.91 Å². The van der Waals surface area contributed by atoms with E-state index in [1.54, 1.807) is 24.5 Å². The Morgan fingerprint density at radius 1 is 1.07 bits per heavy atom. The second kappa shape index (κ2) is 8.20. The molecule has 4 rings (SSSR count). The van der Waals surface area contributed by atoms with Crippen LogP contribution in [0.25, 0.3) is 11.5 Å². The summed E-state index contributed by atoms with van der Waals surface area (Å²) >= 11 is 11.9. The highest BCUT2D eigenvalue weighted by atomic mass is 35.5. The van der Waals surface area contributed by atoms with Gasteiger partial charge < -0.3 is 14.6 Å².